The van der Waals surface area contributed by atoms with Gasteiger partial charge in [0.05, 0.1) is 30.4 Å². The first kappa shape index (κ1) is 19.0. The van der Waals surface area contributed by atoms with Gasteiger partial charge in [0.25, 0.3) is 0 Å². The van der Waals surface area contributed by atoms with Gasteiger partial charge in [0.1, 0.15) is 11.6 Å². The summed E-state index contributed by atoms with van der Waals surface area (Å²) in [5.74, 6) is 0.244. The molecule has 150 valence electrons. The molecule has 0 atom stereocenters. The maximum Gasteiger partial charge on any atom is 0.322 e. The molecule has 2 aromatic rings. The van der Waals surface area contributed by atoms with Crippen LogP contribution in [0.15, 0.2) is 24.3 Å². The molecule has 7 nitrogen and oxygen atoms in total. The molecule has 0 bridgehead atoms. The van der Waals surface area contributed by atoms with Crippen molar-refractivity contribution in [2.75, 3.05) is 30.3 Å². The maximum atomic E-state index is 13.3. The van der Waals surface area contributed by atoms with Crippen LogP contribution in [0.1, 0.15) is 25.0 Å². The summed E-state index contributed by atoms with van der Waals surface area (Å²) in [6, 6.07) is 5.77. The average molecular weight is 408 g/mol. The van der Waals surface area contributed by atoms with E-state index in [0.717, 1.165) is 30.8 Å². The Labute approximate surface area is 167 Å². The first-order valence-corrected chi connectivity index (χ1v) is 9.78. The lowest BCUT2D eigenvalue weighted by molar-refractivity contribution is 0.0575. The Bertz CT molecular complexity index is 878. The van der Waals surface area contributed by atoms with Gasteiger partial charge in [-0.3, -0.25) is 4.68 Å². The number of carbonyl (C=O) groups excluding carboxylic acids is 1. The van der Waals surface area contributed by atoms with Crippen LogP contribution in [0.5, 0.6) is 0 Å². The van der Waals surface area contributed by atoms with E-state index in [-0.39, 0.29) is 23.1 Å². The van der Waals surface area contributed by atoms with Crippen molar-refractivity contribution in [3.63, 3.8) is 0 Å². The summed E-state index contributed by atoms with van der Waals surface area (Å²) in [5, 5.41) is 20.2. The second-order valence-electron chi connectivity index (χ2n) is 7.59. The number of nitrogens with zero attached hydrogens (tertiary/aromatic N) is 3. The zero-order valence-electron chi connectivity index (χ0n) is 15.4. The topological polar surface area (TPSA) is 82.4 Å². The van der Waals surface area contributed by atoms with Gasteiger partial charge in [-0.05, 0) is 31.0 Å². The number of amides is 2. The normalized spacial score (nSPS) is 17.6. The molecule has 28 heavy (non-hydrogen) atoms. The minimum Gasteiger partial charge on any atom is -0.396 e. The van der Waals surface area contributed by atoms with E-state index >= 15 is 0 Å². The summed E-state index contributed by atoms with van der Waals surface area (Å²) >= 11 is 5.77. The summed E-state index contributed by atoms with van der Waals surface area (Å²) in [6.07, 6.45) is 3.22. The first-order valence-electron chi connectivity index (χ1n) is 9.40. The van der Waals surface area contributed by atoms with Crippen LogP contribution < -0.4 is 10.6 Å². The number of aliphatic hydroxyl groups excluding tert-OH is 1. The highest BCUT2D eigenvalue weighted by molar-refractivity contribution is 6.31. The molecule has 2 heterocycles. The number of rotatable bonds is 5. The van der Waals surface area contributed by atoms with Gasteiger partial charge >= 0.3 is 6.03 Å². The monoisotopic (exact) mass is 407 g/mol. The summed E-state index contributed by atoms with van der Waals surface area (Å²) in [6.45, 7) is 2.44. The maximum absolute atomic E-state index is 13.3. The Morgan fingerprint density at radius 1 is 1.32 bits per heavy atom. The largest absolute Gasteiger partial charge is 0.396 e. The van der Waals surface area contributed by atoms with Gasteiger partial charge in [-0.25, -0.2) is 9.18 Å². The third-order valence-electron chi connectivity index (χ3n) is 5.65. The average Bonchev–Trinajstić information content (AvgIpc) is 3.06. The molecule has 1 fully saturated rings. The molecule has 0 radical (unpaired) electrons. The quantitative estimate of drug-likeness (QED) is 0.710. The fourth-order valence-corrected chi connectivity index (χ4v) is 3.83. The van der Waals surface area contributed by atoms with Gasteiger partial charge in [-0.1, -0.05) is 18.0 Å². The summed E-state index contributed by atoms with van der Waals surface area (Å²) < 4.78 is 15.2. The van der Waals surface area contributed by atoms with E-state index < -0.39 is 5.82 Å². The summed E-state index contributed by atoms with van der Waals surface area (Å²) in [7, 11) is 0. The zero-order chi connectivity index (χ0) is 19.7. The Balaban J connectivity index is 1.36. The van der Waals surface area contributed by atoms with Crippen LogP contribution in [0.4, 0.5) is 20.7 Å². The fourth-order valence-electron chi connectivity index (χ4n) is 3.65. The van der Waals surface area contributed by atoms with Gasteiger partial charge in [0.15, 0.2) is 0 Å². The van der Waals surface area contributed by atoms with E-state index in [2.05, 4.69) is 15.7 Å². The van der Waals surface area contributed by atoms with E-state index in [9.17, 15) is 14.3 Å². The minimum atomic E-state index is -0.522. The van der Waals surface area contributed by atoms with Crippen LogP contribution in [0.2, 0.25) is 5.02 Å². The van der Waals surface area contributed by atoms with Crippen molar-refractivity contribution in [2.45, 2.75) is 32.4 Å². The molecule has 1 aliphatic carbocycles. The second-order valence-corrected chi connectivity index (χ2v) is 8.00. The van der Waals surface area contributed by atoms with E-state index in [0.29, 0.717) is 31.9 Å². The molecule has 4 rings (SSSR count). The van der Waals surface area contributed by atoms with E-state index in [1.807, 2.05) is 10.7 Å². The van der Waals surface area contributed by atoms with Crippen molar-refractivity contribution < 1.29 is 14.3 Å². The van der Waals surface area contributed by atoms with Crippen molar-refractivity contribution in [1.29, 1.82) is 0 Å². The Hall–Kier alpha value is -2.32. The van der Waals surface area contributed by atoms with Crippen LogP contribution in [0, 0.1) is 11.2 Å². The molecule has 1 saturated carbocycles. The van der Waals surface area contributed by atoms with Gasteiger partial charge in [0.2, 0.25) is 0 Å². The number of hydrogen-bond donors (Lipinski definition) is 3. The smallest absolute Gasteiger partial charge is 0.322 e. The predicted molar refractivity (Wildman–Crippen MR) is 105 cm³/mol. The SMILES string of the molecule is O=C(Nc1ccc(F)c(Cl)c1)N1CCn2nc(NCC3(CO)CCC3)cc2C1. The predicted octanol–water partition coefficient (Wildman–Crippen LogP) is 3.30. The van der Waals surface area contributed by atoms with Gasteiger partial charge in [0, 0.05) is 30.3 Å². The number of anilines is 2. The van der Waals surface area contributed by atoms with E-state index in [4.69, 9.17) is 11.6 Å². The van der Waals surface area contributed by atoms with Crippen LogP contribution in [-0.2, 0) is 13.1 Å². The molecule has 0 saturated heterocycles. The number of nitrogens with one attached hydrogen (secondary N) is 2. The third kappa shape index (κ3) is 3.79. The Morgan fingerprint density at radius 3 is 2.82 bits per heavy atom. The Kier molecular flexibility index (Phi) is 5.16. The standard InChI is InChI=1S/C19H23ClFN5O2/c20-15-8-13(2-3-16(15)21)23-18(28)25-6-7-26-14(10-25)9-17(24-26)22-11-19(12-27)4-1-5-19/h2-3,8-9,27H,1,4-7,10-12H2,(H,22,24)(H,23,28). The number of benzene rings is 1. The van der Waals surface area contributed by atoms with Gasteiger partial charge < -0.3 is 20.6 Å². The number of carbonyl (C=O) groups is 1. The molecular formula is C19H23ClFN5O2. The molecule has 3 N–H and O–H groups in total. The van der Waals surface area contributed by atoms with Crippen molar-refractivity contribution in [3.8, 4) is 0 Å². The number of aliphatic hydroxyl groups is 1. The van der Waals surface area contributed by atoms with E-state index in [1.165, 1.54) is 18.2 Å². The second kappa shape index (κ2) is 7.60. The number of aromatic nitrogens is 2. The summed E-state index contributed by atoms with van der Waals surface area (Å²) in [5.41, 5.74) is 1.37. The number of fused-ring (bicyclic) bond motifs is 1. The molecule has 1 aliphatic heterocycles. The number of halogens is 2. The zero-order valence-corrected chi connectivity index (χ0v) is 16.2. The van der Waals surface area contributed by atoms with Crippen LogP contribution in [0.25, 0.3) is 0 Å². The number of urea groups is 1. The molecule has 2 amide bonds. The molecule has 0 spiro atoms. The molecule has 9 heteroatoms. The first-order chi connectivity index (χ1) is 13.5. The van der Waals surface area contributed by atoms with Crippen molar-refractivity contribution >= 4 is 29.1 Å². The van der Waals surface area contributed by atoms with Gasteiger partial charge in [-0.2, -0.15) is 5.10 Å². The highest BCUT2D eigenvalue weighted by Crippen LogP contribution is 2.40. The lowest BCUT2D eigenvalue weighted by Crippen LogP contribution is -2.40. The molecular weight excluding hydrogens is 385 g/mol. The van der Waals surface area contributed by atoms with E-state index in [1.54, 1.807) is 4.90 Å². The van der Waals surface area contributed by atoms with Gasteiger partial charge in [-0.15, -0.1) is 0 Å². The lowest BCUT2D eigenvalue weighted by Gasteiger charge is -2.40. The van der Waals surface area contributed by atoms with Crippen LogP contribution in [0.3, 0.4) is 0 Å². The highest BCUT2D eigenvalue weighted by atomic mass is 35.5. The minimum absolute atomic E-state index is 0.0214. The molecule has 1 aromatic heterocycles. The van der Waals surface area contributed by atoms with Crippen molar-refractivity contribution in [2.24, 2.45) is 5.41 Å². The van der Waals surface area contributed by atoms with Crippen LogP contribution in [-0.4, -0.2) is 45.5 Å². The van der Waals surface area contributed by atoms with Crippen LogP contribution >= 0.6 is 11.6 Å². The lowest BCUT2D eigenvalue weighted by atomic mass is 9.69. The fraction of sp³-hybridized carbons (Fsp3) is 0.474. The third-order valence-corrected chi connectivity index (χ3v) is 5.94. The Morgan fingerprint density at radius 2 is 2.14 bits per heavy atom. The number of hydrogen-bond acceptors (Lipinski definition) is 4. The molecule has 0 unspecified atom stereocenters. The van der Waals surface area contributed by atoms with Crippen molar-refractivity contribution in [3.05, 3.63) is 40.8 Å². The highest BCUT2D eigenvalue weighted by Gasteiger charge is 2.36. The molecule has 1 aromatic carbocycles. The van der Waals surface area contributed by atoms with Crippen molar-refractivity contribution in [1.82, 2.24) is 14.7 Å². The molecule has 2 aliphatic rings. The summed E-state index contributed by atoms with van der Waals surface area (Å²) in [4.78, 5) is 14.2.